The number of hydrogen-bond donors (Lipinski definition) is 16. The molecule has 3 rings (SSSR count). The van der Waals surface area contributed by atoms with Crippen LogP contribution in [0, 0.1) is 5.92 Å². The van der Waals surface area contributed by atoms with Gasteiger partial charge in [0, 0.05) is 31.3 Å². The van der Waals surface area contributed by atoms with Crippen LogP contribution < -0.4 is 59.7 Å². The van der Waals surface area contributed by atoms with Crippen molar-refractivity contribution >= 4 is 71.0 Å². The van der Waals surface area contributed by atoms with Crippen LogP contribution in [0.4, 0.5) is 0 Å². The number of aliphatic hydroxyl groups is 2. The Kier molecular flexibility index (Phi) is 27.4. The Morgan fingerprint density at radius 2 is 1.34 bits per heavy atom. The SMILES string of the molecule is CC[C@H](C)[C@H](NC(=O)CNC(=O)[C@H](CC(N)=O)NC(=O)[C@@H]1CCCN1C(=O)[C@H](CCCCN)NC(=O)[C@H](Cc1cnc[nH]1)NC(=O)[C@H](CO)NC(=O)[C@@H](N)Cc1ccccc1)C(=O)N[C@@H](CO)C(=O)N[C@@H](CCC(=O)O)C(=O)O. The van der Waals surface area contributed by atoms with E-state index in [4.69, 9.17) is 22.3 Å². The van der Waals surface area contributed by atoms with E-state index >= 15 is 0 Å². The number of benzene rings is 1. The van der Waals surface area contributed by atoms with Gasteiger partial charge in [-0.2, -0.15) is 0 Å². The largest absolute Gasteiger partial charge is 0.481 e. The molecule has 79 heavy (non-hydrogen) atoms. The molecule has 0 aliphatic carbocycles. The summed E-state index contributed by atoms with van der Waals surface area (Å²) in [6.07, 6.45) is 2.14. The van der Waals surface area contributed by atoms with Crippen molar-refractivity contribution in [1.29, 1.82) is 0 Å². The van der Waals surface area contributed by atoms with Crippen molar-refractivity contribution in [3.63, 3.8) is 0 Å². The van der Waals surface area contributed by atoms with Crippen LogP contribution >= 0.6 is 0 Å². The highest BCUT2D eigenvalue weighted by atomic mass is 16.4. The maximum absolute atomic E-state index is 14.4. The van der Waals surface area contributed by atoms with E-state index in [2.05, 4.69) is 52.5 Å². The van der Waals surface area contributed by atoms with Crippen molar-refractivity contribution in [1.82, 2.24) is 57.4 Å². The van der Waals surface area contributed by atoms with Gasteiger partial charge >= 0.3 is 11.9 Å². The summed E-state index contributed by atoms with van der Waals surface area (Å²) in [5, 5.41) is 57.3. The molecule has 0 bridgehead atoms. The van der Waals surface area contributed by atoms with Crippen LogP contribution in [0.3, 0.4) is 0 Å². The molecule has 0 saturated carbocycles. The van der Waals surface area contributed by atoms with E-state index in [0.717, 1.165) is 5.56 Å². The maximum atomic E-state index is 14.4. The molecule has 1 aliphatic rings. The van der Waals surface area contributed by atoms with Crippen molar-refractivity contribution in [2.75, 3.05) is 32.8 Å². The van der Waals surface area contributed by atoms with Gasteiger partial charge in [-0.1, -0.05) is 50.6 Å². The monoisotopic (exact) mass is 1110 g/mol. The van der Waals surface area contributed by atoms with Gasteiger partial charge in [-0.3, -0.25) is 52.7 Å². The number of imidazole rings is 1. The van der Waals surface area contributed by atoms with Crippen molar-refractivity contribution in [3.05, 3.63) is 54.1 Å². The number of aliphatic carboxylic acids is 2. The quantitative estimate of drug-likeness (QED) is 0.0286. The van der Waals surface area contributed by atoms with E-state index in [-0.39, 0.29) is 51.6 Å². The van der Waals surface area contributed by atoms with Gasteiger partial charge in [-0.05, 0) is 63.0 Å². The molecule has 2 aromatic rings. The molecule has 30 heteroatoms. The second kappa shape index (κ2) is 33.3. The standard InChI is InChI=1S/C49H74N14O16/c1-3-26(2)40(47(76)61-35(24-65)44(73)57-31(49(78)79)14-15-39(68)69)62-38(67)22-54-42(71)33(20-37(52)66)59-46(75)36-13-9-17-63(36)48(77)30(12-7-8-16-50)56-43(72)32(19-28-21-53-25-55-28)58-45(74)34(23-64)60-41(70)29(51)18-27-10-5-4-6-11-27/h4-6,10-11,21,25-26,29-36,40,64-65H,3,7-9,12-20,22-24,50-51H2,1-2H3,(H2,52,66)(H,53,55)(H,54,71)(H,56,72)(H,57,73)(H,58,74)(H,59,75)(H,60,70)(H,61,76)(H,62,67)(H,68,69)(H,78,79)/t26-,29-,30-,31-,32-,33-,34-,35-,36-,40-/m0/s1. The van der Waals surface area contributed by atoms with E-state index in [1.54, 1.807) is 44.2 Å². The fraction of sp³-hybridized carbons (Fsp3) is 0.571. The molecule has 0 spiro atoms. The first-order chi connectivity index (χ1) is 37.5. The number of amides is 10. The average molecular weight is 1120 g/mol. The molecule has 1 aromatic heterocycles. The smallest absolute Gasteiger partial charge is 0.326 e. The molecular formula is C49H74N14O16. The summed E-state index contributed by atoms with van der Waals surface area (Å²) in [7, 11) is 0. The summed E-state index contributed by atoms with van der Waals surface area (Å²) < 4.78 is 0. The van der Waals surface area contributed by atoms with Crippen molar-refractivity contribution in [2.24, 2.45) is 23.1 Å². The van der Waals surface area contributed by atoms with Crippen LogP contribution in [0.2, 0.25) is 0 Å². The fourth-order valence-corrected chi connectivity index (χ4v) is 8.21. The van der Waals surface area contributed by atoms with Crippen molar-refractivity contribution < 1.29 is 78.0 Å². The van der Waals surface area contributed by atoms with Gasteiger partial charge < -0.3 is 90.0 Å². The van der Waals surface area contributed by atoms with Gasteiger partial charge in [-0.15, -0.1) is 0 Å². The summed E-state index contributed by atoms with van der Waals surface area (Å²) in [5.74, 6) is -13.0. The molecular weight excluding hydrogens is 1040 g/mol. The number of carbonyl (C=O) groups excluding carboxylic acids is 10. The van der Waals surface area contributed by atoms with Gasteiger partial charge in [0.15, 0.2) is 0 Å². The summed E-state index contributed by atoms with van der Waals surface area (Å²) in [6, 6.07) is -4.31. The Morgan fingerprint density at radius 3 is 1.91 bits per heavy atom. The molecule has 30 nitrogen and oxygen atoms in total. The Balaban J connectivity index is 1.73. The number of hydrogen-bond acceptors (Lipinski definition) is 17. The number of aromatic amines is 1. The van der Waals surface area contributed by atoms with Gasteiger partial charge in [0.25, 0.3) is 0 Å². The average Bonchev–Trinajstić information content (AvgIpc) is 4.17. The number of rotatable bonds is 35. The van der Waals surface area contributed by atoms with Crippen LogP contribution in [0.15, 0.2) is 42.9 Å². The number of likely N-dealkylation sites (tertiary alicyclic amines) is 1. The highest BCUT2D eigenvalue weighted by molar-refractivity contribution is 5.99. The number of H-pyrrole nitrogens is 1. The second-order valence-electron chi connectivity index (χ2n) is 18.9. The molecule has 1 aromatic carbocycles. The summed E-state index contributed by atoms with van der Waals surface area (Å²) >= 11 is 0. The first-order valence-electron chi connectivity index (χ1n) is 25.6. The lowest BCUT2D eigenvalue weighted by molar-refractivity contribution is -0.144. The number of aromatic nitrogens is 2. The third kappa shape index (κ3) is 21.7. The fourth-order valence-electron chi connectivity index (χ4n) is 8.21. The summed E-state index contributed by atoms with van der Waals surface area (Å²) in [6.45, 7) is 0.726. The molecule has 0 radical (unpaired) electrons. The summed E-state index contributed by atoms with van der Waals surface area (Å²) in [5.41, 5.74) is 18.4. The topological polar surface area (TPSA) is 492 Å². The third-order valence-electron chi connectivity index (χ3n) is 12.8. The Bertz CT molecular complexity index is 2410. The van der Waals surface area contributed by atoms with Crippen molar-refractivity contribution in [3.8, 4) is 0 Å². The van der Waals surface area contributed by atoms with E-state index in [9.17, 15) is 72.9 Å². The highest BCUT2D eigenvalue weighted by Crippen LogP contribution is 2.21. The van der Waals surface area contributed by atoms with Crippen LogP contribution in [0.5, 0.6) is 0 Å². The normalized spacial score (nSPS) is 16.4. The molecule has 1 fully saturated rings. The third-order valence-corrected chi connectivity index (χ3v) is 12.8. The van der Waals surface area contributed by atoms with Gasteiger partial charge in [-0.25, -0.2) is 9.78 Å². The number of nitrogens with zero attached hydrogens (tertiary/aromatic N) is 2. The minimum Gasteiger partial charge on any atom is -0.481 e. The van der Waals surface area contributed by atoms with Gasteiger partial charge in [0.1, 0.15) is 48.3 Å². The van der Waals surface area contributed by atoms with Crippen molar-refractivity contribution in [2.45, 2.75) is 139 Å². The lowest BCUT2D eigenvalue weighted by Crippen LogP contribution is -2.60. The zero-order valence-corrected chi connectivity index (χ0v) is 43.9. The van der Waals surface area contributed by atoms with Gasteiger partial charge in [0.05, 0.1) is 38.5 Å². The number of nitrogens with one attached hydrogen (secondary N) is 9. The number of primary amides is 1. The van der Waals surface area contributed by atoms with E-state index < -0.39 is 170 Å². The molecule has 436 valence electrons. The van der Waals surface area contributed by atoms with Crippen LogP contribution in [0.25, 0.3) is 0 Å². The molecule has 19 N–H and O–H groups in total. The Hall–Kier alpha value is -8.09. The second-order valence-corrected chi connectivity index (χ2v) is 18.9. The van der Waals surface area contributed by atoms with Crippen LogP contribution in [-0.2, 0) is 70.4 Å². The zero-order valence-electron chi connectivity index (χ0n) is 43.9. The molecule has 10 atom stereocenters. The van der Waals surface area contributed by atoms with E-state index in [0.29, 0.717) is 18.5 Å². The Morgan fingerprint density at radius 1 is 0.734 bits per heavy atom. The Labute approximate surface area is 454 Å². The number of carboxylic acids is 2. The zero-order chi connectivity index (χ0) is 58.8. The number of carbonyl (C=O) groups is 12. The van der Waals surface area contributed by atoms with Crippen LogP contribution in [0.1, 0.15) is 82.9 Å². The maximum Gasteiger partial charge on any atom is 0.326 e. The number of unbranched alkanes of at least 4 members (excludes halogenated alkanes) is 1. The lowest BCUT2D eigenvalue weighted by Gasteiger charge is -2.31. The molecule has 2 heterocycles. The van der Waals surface area contributed by atoms with Gasteiger partial charge in [0.2, 0.25) is 59.1 Å². The first-order valence-corrected chi connectivity index (χ1v) is 25.6. The number of nitrogens with two attached hydrogens (primary N) is 3. The number of carboxylic acid groups (broad SMARTS) is 2. The highest BCUT2D eigenvalue weighted by Gasteiger charge is 2.40. The van der Waals surface area contributed by atoms with E-state index in [1.165, 1.54) is 17.4 Å². The first kappa shape index (κ1) is 65.2. The van der Waals surface area contributed by atoms with E-state index in [1.807, 2.05) is 0 Å². The minimum atomic E-state index is -1.73. The minimum absolute atomic E-state index is 0.00985. The van der Waals surface area contributed by atoms with Crippen LogP contribution in [-0.4, -0.2) is 194 Å². The molecule has 0 unspecified atom stereocenters. The lowest BCUT2D eigenvalue weighted by atomic mass is 9.98. The predicted octanol–water partition coefficient (Wildman–Crippen LogP) is -5.99. The number of aliphatic hydroxyl groups excluding tert-OH is 2. The molecule has 1 saturated heterocycles. The molecule has 10 amide bonds. The molecule has 1 aliphatic heterocycles. The predicted molar refractivity (Wildman–Crippen MR) is 277 cm³/mol. The summed E-state index contributed by atoms with van der Waals surface area (Å²) in [4.78, 5) is 165.